The number of nitrogens with one attached hydrogen (secondary N) is 2. The SMILES string of the molecule is CCc1cccc2c1[nH]c1cc(Nc3ncnc4scc(-c5ccc6c(c5)CCCC6)c34)ccc12. The standard InChI is InChI=1S/C30H26N4S/c1-2-18-8-5-9-24-23-13-12-22(15-26(23)34-28(18)24)33-29-27-25(16-35-30(27)32-17-31-29)21-11-10-19-6-3-4-7-20(19)14-21/h5,8-17,34H,2-4,6-7H2,1H3,(H,31,32,33). The number of aryl methyl sites for hydroxylation is 3. The van der Waals surface area contributed by atoms with Crippen molar-refractivity contribution in [2.75, 3.05) is 5.32 Å². The van der Waals surface area contributed by atoms with Crippen LogP contribution in [0, 0.1) is 0 Å². The molecule has 0 unspecified atom stereocenters. The Morgan fingerprint density at radius 1 is 0.943 bits per heavy atom. The summed E-state index contributed by atoms with van der Waals surface area (Å²) in [4.78, 5) is 13.9. The van der Waals surface area contributed by atoms with Crippen LogP contribution in [0.15, 0.2) is 66.3 Å². The highest BCUT2D eigenvalue weighted by Gasteiger charge is 2.16. The lowest BCUT2D eigenvalue weighted by Crippen LogP contribution is -2.02. The molecule has 0 aliphatic heterocycles. The Balaban J connectivity index is 1.31. The number of thiophene rings is 1. The molecule has 0 amide bonds. The van der Waals surface area contributed by atoms with E-state index in [1.807, 2.05) is 0 Å². The minimum absolute atomic E-state index is 0.855. The summed E-state index contributed by atoms with van der Waals surface area (Å²) in [5.41, 5.74) is 10.2. The maximum Gasteiger partial charge on any atom is 0.143 e. The molecule has 3 heterocycles. The third-order valence-electron chi connectivity index (χ3n) is 7.39. The zero-order valence-electron chi connectivity index (χ0n) is 19.7. The first-order valence-electron chi connectivity index (χ1n) is 12.4. The van der Waals surface area contributed by atoms with Crippen molar-refractivity contribution < 1.29 is 0 Å². The number of hydrogen-bond acceptors (Lipinski definition) is 4. The molecule has 0 spiro atoms. The maximum absolute atomic E-state index is 4.67. The molecule has 1 aliphatic carbocycles. The first-order chi connectivity index (χ1) is 17.3. The number of anilines is 2. The summed E-state index contributed by atoms with van der Waals surface area (Å²) in [6.45, 7) is 2.20. The van der Waals surface area contributed by atoms with E-state index in [0.29, 0.717) is 0 Å². The molecule has 0 radical (unpaired) electrons. The van der Waals surface area contributed by atoms with E-state index in [1.54, 1.807) is 17.7 Å². The molecule has 5 heteroatoms. The highest BCUT2D eigenvalue weighted by Crippen LogP contribution is 2.39. The Kier molecular flexibility index (Phi) is 4.84. The van der Waals surface area contributed by atoms with Crippen LogP contribution in [0.5, 0.6) is 0 Å². The van der Waals surface area contributed by atoms with Gasteiger partial charge in [0.1, 0.15) is 17.0 Å². The molecule has 3 aromatic carbocycles. The van der Waals surface area contributed by atoms with Gasteiger partial charge in [0.15, 0.2) is 0 Å². The van der Waals surface area contributed by atoms with Crippen molar-refractivity contribution in [3.8, 4) is 11.1 Å². The van der Waals surface area contributed by atoms with E-state index in [1.165, 1.54) is 69.8 Å². The van der Waals surface area contributed by atoms with E-state index in [9.17, 15) is 0 Å². The maximum atomic E-state index is 4.67. The van der Waals surface area contributed by atoms with Crippen molar-refractivity contribution in [3.05, 3.63) is 83.0 Å². The van der Waals surface area contributed by atoms with Gasteiger partial charge in [0.2, 0.25) is 0 Å². The smallest absolute Gasteiger partial charge is 0.143 e. The molecule has 0 bridgehead atoms. The van der Waals surface area contributed by atoms with Crippen molar-refractivity contribution in [1.29, 1.82) is 0 Å². The Bertz CT molecular complexity index is 1730. The lowest BCUT2D eigenvalue weighted by atomic mass is 9.89. The van der Waals surface area contributed by atoms with Gasteiger partial charge in [-0.3, -0.25) is 0 Å². The van der Waals surface area contributed by atoms with Crippen LogP contribution in [0.25, 0.3) is 43.1 Å². The Morgan fingerprint density at radius 3 is 2.77 bits per heavy atom. The average Bonchev–Trinajstić information content (AvgIpc) is 3.50. The number of para-hydroxylation sites is 1. The minimum atomic E-state index is 0.855. The number of benzene rings is 3. The van der Waals surface area contributed by atoms with Gasteiger partial charge in [0.05, 0.1) is 5.39 Å². The number of rotatable bonds is 4. The highest BCUT2D eigenvalue weighted by molar-refractivity contribution is 7.17. The third-order valence-corrected chi connectivity index (χ3v) is 8.28. The second-order valence-electron chi connectivity index (χ2n) is 9.45. The van der Waals surface area contributed by atoms with Gasteiger partial charge in [-0.15, -0.1) is 11.3 Å². The molecule has 0 atom stereocenters. The third kappa shape index (κ3) is 3.41. The number of aromatic nitrogens is 3. The lowest BCUT2D eigenvalue weighted by Gasteiger charge is -2.16. The normalized spacial score (nSPS) is 13.5. The summed E-state index contributed by atoms with van der Waals surface area (Å²) in [6.07, 6.45) is 7.64. The van der Waals surface area contributed by atoms with Gasteiger partial charge in [-0.1, -0.05) is 49.4 Å². The van der Waals surface area contributed by atoms with Crippen molar-refractivity contribution in [2.45, 2.75) is 39.0 Å². The number of nitrogens with zero attached hydrogens (tertiary/aromatic N) is 2. The fraction of sp³-hybridized carbons (Fsp3) is 0.200. The van der Waals surface area contributed by atoms with E-state index in [2.05, 4.69) is 87.2 Å². The minimum Gasteiger partial charge on any atom is -0.354 e. The number of fused-ring (bicyclic) bond motifs is 5. The number of H-pyrrole nitrogens is 1. The van der Waals surface area contributed by atoms with Gasteiger partial charge in [0, 0.05) is 38.4 Å². The van der Waals surface area contributed by atoms with Crippen LogP contribution in [0.3, 0.4) is 0 Å². The lowest BCUT2D eigenvalue weighted by molar-refractivity contribution is 0.686. The summed E-state index contributed by atoms with van der Waals surface area (Å²) in [5, 5.41) is 9.46. The van der Waals surface area contributed by atoms with Gasteiger partial charge in [-0.2, -0.15) is 0 Å². The molecule has 3 aromatic heterocycles. The van der Waals surface area contributed by atoms with Crippen LogP contribution in [0.1, 0.15) is 36.5 Å². The molecule has 7 rings (SSSR count). The first-order valence-corrected chi connectivity index (χ1v) is 13.3. The molecule has 0 saturated heterocycles. The summed E-state index contributed by atoms with van der Waals surface area (Å²) in [6, 6.07) is 20.1. The molecule has 2 N–H and O–H groups in total. The number of hydrogen-bond donors (Lipinski definition) is 2. The molecule has 6 aromatic rings. The molecular formula is C30H26N4S. The summed E-state index contributed by atoms with van der Waals surface area (Å²) < 4.78 is 0. The van der Waals surface area contributed by atoms with Gasteiger partial charge in [0.25, 0.3) is 0 Å². The molecule has 4 nitrogen and oxygen atoms in total. The number of aromatic amines is 1. The van der Waals surface area contributed by atoms with Gasteiger partial charge in [-0.05, 0) is 66.5 Å². The molecule has 0 fully saturated rings. The second-order valence-corrected chi connectivity index (χ2v) is 10.3. The van der Waals surface area contributed by atoms with Crippen LogP contribution in [-0.4, -0.2) is 15.0 Å². The first kappa shape index (κ1) is 20.7. The second kappa shape index (κ2) is 8.21. The Labute approximate surface area is 208 Å². The van der Waals surface area contributed by atoms with E-state index in [4.69, 9.17) is 0 Å². The van der Waals surface area contributed by atoms with E-state index in [-0.39, 0.29) is 0 Å². The highest BCUT2D eigenvalue weighted by atomic mass is 32.1. The average molecular weight is 475 g/mol. The predicted octanol–water partition coefficient (Wildman–Crippen LogP) is 8.18. The summed E-state index contributed by atoms with van der Waals surface area (Å²) in [5.74, 6) is 0.855. The zero-order chi connectivity index (χ0) is 23.4. The topological polar surface area (TPSA) is 53.6 Å². The summed E-state index contributed by atoms with van der Waals surface area (Å²) >= 11 is 1.68. The predicted molar refractivity (Wildman–Crippen MR) is 148 cm³/mol. The van der Waals surface area contributed by atoms with Crippen molar-refractivity contribution in [1.82, 2.24) is 15.0 Å². The van der Waals surface area contributed by atoms with Crippen molar-refractivity contribution >= 4 is 54.9 Å². The van der Waals surface area contributed by atoms with Gasteiger partial charge >= 0.3 is 0 Å². The van der Waals surface area contributed by atoms with Crippen LogP contribution in [-0.2, 0) is 19.3 Å². The van der Waals surface area contributed by atoms with E-state index >= 15 is 0 Å². The van der Waals surface area contributed by atoms with Crippen LogP contribution < -0.4 is 5.32 Å². The Hall–Kier alpha value is -3.70. The van der Waals surface area contributed by atoms with Gasteiger partial charge in [-0.25, -0.2) is 9.97 Å². The zero-order valence-corrected chi connectivity index (χ0v) is 20.5. The summed E-state index contributed by atoms with van der Waals surface area (Å²) in [7, 11) is 0. The molecule has 35 heavy (non-hydrogen) atoms. The van der Waals surface area contributed by atoms with E-state index in [0.717, 1.165) is 33.7 Å². The fourth-order valence-electron chi connectivity index (χ4n) is 5.58. The van der Waals surface area contributed by atoms with Crippen LogP contribution in [0.2, 0.25) is 0 Å². The van der Waals surface area contributed by atoms with Crippen LogP contribution >= 0.6 is 11.3 Å². The van der Waals surface area contributed by atoms with Gasteiger partial charge < -0.3 is 10.3 Å². The van der Waals surface area contributed by atoms with Crippen molar-refractivity contribution in [2.24, 2.45) is 0 Å². The van der Waals surface area contributed by atoms with Crippen LogP contribution in [0.4, 0.5) is 11.5 Å². The molecule has 172 valence electrons. The monoisotopic (exact) mass is 474 g/mol. The fourth-order valence-corrected chi connectivity index (χ4v) is 6.50. The quantitative estimate of drug-likeness (QED) is 0.271. The molecular weight excluding hydrogens is 448 g/mol. The largest absolute Gasteiger partial charge is 0.354 e. The Morgan fingerprint density at radius 2 is 1.86 bits per heavy atom. The van der Waals surface area contributed by atoms with Crippen molar-refractivity contribution in [3.63, 3.8) is 0 Å². The van der Waals surface area contributed by atoms with E-state index < -0.39 is 0 Å². The molecule has 1 aliphatic rings. The molecule has 0 saturated carbocycles.